The Hall–Kier alpha value is -3.03. The molecule has 3 rings (SSSR count). The van der Waals surface area contributed by atoms with Crippen LogP contribution in [0.2, 0.25) is 5.02 Å². The second kappa shape index (κ2) is 9.63. The van der Waals surface area contributed by atoms with Gasteiger partial charge >= 0.3 is 0 Å². The number of carbonyl (C=O) groups is 1. The van der Waals surface area contributed by atoms with Crippen LogP contribution in [0.15, 0.2) is 71.6 Å². The lowest BCUT2D eigenvalue weighted by Gasteiger charge is -2.26. The summed E-state index contributed by atoms with van der Waals surface area (Å²) >= 11 is 6.21. The van der Waals surface area contributed by atoms with Gasteiger partial charge in [-0.15, -0.1) is 0 Å². The maximum absolute atomic E-state index is 13.4. The van der Waals surface area contributed by atoms with Crippen LogP contribution >= 0.6 is 11.6 Å². The lowest BCUT2D eigenvalue weighted by molar-refractivity contribution is -0.123. The highest BCUT2D eigenvalue weighted by Crippen LogP contribution is 2.29. The predicted molar refractivity (Wildman–Crippen MR) is 125 cm³/mol. The number of sulfonamides is 1. The summed E-state index contributed by atoms with van der Waals surface area (Å²) < 4.78 is 38.6. The largest absolute Gasteiger partial charge is 0.497 e. The Morgan fingerprint density at radius 1 is 0.938 bits per heavy atom. The van der Waals surface area contributed by atoms with E-state index in [4.69, 9.17) is 21.1 Å². The number of amides is 1. The third kappa shape index (κ3) is 4.89. The number of hydrogen-bond acceptors (Lipinski definition) is 5. The summed E-state index contributed by atoms with van der Waals surface area (Å²) in [5.74, 6) is 0.232. The van der Waals surface area contributed by atoms with Crippen molar-refractivity contribution in [2.24, 2.45) is 0 Å². The van der Waals surface area contributed by atoms with Gasteiger partial charge in [-0.25, -0.2) is 8.42 Å². The normalized spacial score (nSPS) is 12.2. The minimum Gasteiger partial charge on any atom is -0.497 e. The number of halogens is 1. The summed E-state index contributed by atoms with van der Waals surface area (Å²) in [6, 6.07) is 17.4. The third-order valence-corrected chi connectivity index (χ3v) is 7.19. The summed E-state index contributed by atoms with van der Waals surface area (Å²) in [4.78, 5) is 13.4. The van der Waals surface area contributed by atoms with E-state index in [1.807, 2.05) is 13.8 Å². The molecule has 0 spiro atoms. The van der Waals surface area contributed by atoms with Gasteiger partial charge in [-0.2, -0.15) is 4.31 Å². The molecule has 0 N–H and O–H groups in total. The van der Waals surface area contributed by atoms with Gasteiger partial charge in [0, 0.05) is 5.02 Å². The van der Waals surface area contributed by atoms with E-state index in [1.54, 1.807) is 42.5 Å². The lowest BCUT2D eigenvalue weighted by Crippen LogP contribution is -2.44. The van der Waals surface area contributed by atoms with E-state index in [0.717, 1.165) is 15.4 Å². The smallest absolute Gasteiger partial charge is 0.281 e. The van der Waals surface area contributed by atoms with Gasteiger partial charge in [0.15, 0.2) is 6.10 Å². The highest BCUT2D eigenvalue weighted by Gasteiger charge is 2.35. The average molecular weight is 474 g/mol. The summed E-state index contributed by atoms with van der Waals surface area (Å²) in [7, 11) is -2.69. The first-order valence-corrected chi connectivity index (χ1v) is 11.7. The third-order valence-electron chi connectivity index (χ3n) is 4.86. The van der Waals surface area contributed by atoms with Gasteiger partial charge in [0.1, 0.15) is 11.5 Å². The molecule has 0 radical (unpaired) electrons. The van der Waals surface area contributed by atoms with Gasteiger partial charge in [0.2, 0.25) is 0 Å². The van der Waals surface area contributed by atoms with Crippen LogP contribution in [0.1, 0.15) is 18.1 Å². The van der Waals surface area contributed by atoms with Gasteiger partial charge < -0.3 is 9.47 Å². The molecule has 0 fully saturated rings. The van der Waals surface area contributed by atoms with Crippen molar-refractivity contribution in [2.75, 3.05) is 11.4 Å². The molecular formula is C24H24ClNO5S. The Kier molecular flexibility index (Phi) is 7.11. The molecule has 3 aromatic rings. The maximum Gasteiger partial charge on any atom is 0.281 e. The quantitative estimate of drug-likeness (QED) is 0.474. The molecule has 0 saturated carbocycles. The molecule has 0 heterocycles. The van der Waals surface area contributed by atoms with Crippen molar-refractivity contribution in [1.29, 1.82) is 0 Å². The average Bonchev–Trinajstić information content (AvgIpc) is 2.78. The zero-order chi connectivity index (χ0) is 23.5. The SMILES string of the molecule is COc1ccc(N(C(=O)C(C)Oc2cc(C)c(Cl)c(C)c2)S(=O)(=O)c2ccccc2)cc1. The summed E-state index contributed by atoms with van der Waals surface area (Å²) in [6.45, 7) is 5.18. The number of rotatable bonds is 7. The van der Waals surface area contributed by atoms with Crippen molar-refractivity contribution in [3.05, 3.63) is 82.9 Å². The first kappa shape index (κ1) is 23.6. The molecule has 0 saturated heterocycles. The van der Waals surface area contributed by atoms with Crippen molar-refractivity contribution in [2.45, 2.75) is 31.8 Å². The molecule has 0 aliphatic heterocycles. The number of nitrogens with zero attached hydrogens (tertiary/aromatic N) is 1. The Labute approximate surface area is 193 Å². The molecule has 8 heteroatoms. The van der Waals surface area contributed by atoms with Crippen molar-refractivity contribution in [1.82, 2.24) is 0 Å². The number of hydrogen-bond donors (Lipinski definition) is 0. The van der Waals surface area contributed by atoms with Crippen LogP contribution in [0.5, 0.6) is 11.5 Å². The number of aryl methyl sites for hydroxylation is 2. The summed E-state index contributed by atoms with van der Waals surface area (Å²) in [5, 5.41) is 0.614. The number of methoxy groups -OCH3 is 1. The van der Waals surface area contributed by atoms with Crippen LogP contribution in [-0.2, 0) is 14.8 Å². The van der Waals surface area contributed by atoms with Gasteiger partial charge in [-0.05, 0) is 80.4 Å². The Morgan fingerprint density at radius 2 is 1.50 bits per heavy atom. The van der Waals surface area contributed by atoms with Crippen LogP contribution < -0.4 is 13.8 Å². The van der Waals surface area contributed by atoms with E-state index < -0.39 is 22.0 Å². The standard InChI is InChI=1S/C24H24ClNO5S/c1-16-14-21(15-17(2)23(16)25)31-18(3)24(27)26(19-10-12-20(30-4)13-11-19)32(28,29)22-8-6-5-7-9-22/h5-15,18H,1-4H3. The van der Waals surface area contributed by atoms with Crippen LogP contribution in [0.4, 0.5) is 5.69 Å². The molecule has 1 atom stereocenters. The molecule has 1 unspecified atom stereocenters. The van der Waals surface area contributed by atoms with Crippen LogP contribution in [0.3, 0.4) is 0 Å². The number of carbonyl (C=O) groups excluding carboxylic acids is 1. The Morgan fingerprint density at radius 3 is 2.03 bits per heavy atom. The predicted octanol–water partition coefficient (Wildman–Crippen LogP) is 5.15. The van der Waals surface area contributed by atoms with Crippen LogP contribution in [0.25, 0.3) is 0 Å². The fourth-order valence-corrected chi connectivity index (χ4v) is 4.80. The lowest BCUT2D eigenvalue weighted by atomic mass is 10.1. The molecule has 6 nitrogen and oxygen atoms in total. The molecular weight excluding hydrogens is 450 g/mol. The molecule has 0 aromatic heterocycles. The molecule has 1 amide bonds. The van der Waals surface area contributed by atoms with E-state index in [0.29, 0.717) is 16.5 Å². The zero-order valence-electron chi connectivity index (χ0n) is 18.2. The van der Waals surface area contributed by atoms with Crippen molar-refractivity contribution in [3.8, 4) is 11.5 Å². The topological polar surface area (TPSA) is 72.9 Å². The van der Waals surface area contributed by atoms with Gasteiger partial charge in [0.25, 0.3) is 15.9 Å². The Balaban J connectivity index is 2.01. The highest BCUT2D eigenvalue weighted by molar-refractivity contribution is 7.93. The van der Waals surface area contributed by atoms with Gasteiger partial charge in [-0.1, -0.05) is 29.8 Å². The number of anilines is 1. The van der Waals surface area contributed by atoms with E-state index in [2.05, 4.69) is 0 Å². The van der Waals surface area contributed by atoms with E-state index in [1.165, 1.54) is 38.3 Å². The minimum absolute atomic E-state index is 0.00505. The van der Waals surface area contributed by atoms with E-state index in [9.17, 15) is 13.2 Å². The molecule has 168 valence electrons. The summed E-state index contributed by atoms with van der Waals surface area (Å²) in [5.41, 5.74) is 1.77. The second-order valence-corrected chi connectivity index (χ2v) is 9.41. The van der Waals surface area contributed by atoms with Crippen LogP contribution in [-0.4, -0.2) is 27.5 Å². The fourth-order valence-electron chi connectivity index (χ4n) is 3.19. The number of benzene rings is 3. The monoisotopic (exact) mass is 473 g/mol. The summed E-state index contributed by atoms with van der Waals surface area (Å²) in [6.07, 6.45) is -1.09. The van der Waals surface area contributed by atoms with Crippen molar-refractivity contribution in [3.63, 3.8) is 0 Å². The highest BCUT2D eigenvalue weighted by atomic mass is 35.5. The molecule has 0 aliphatic carbocycles. The van der Waals surface area contributed by atoms with Gasteiger partial charge in [0.05, 0.1) is 17.7 Å². The van der Waals surface area contributed by atoms with E-state index in [-0.39, 0.29) is 10.6 Å². The number of ether oxygens (including phenoxy) is 2. The van der Waals surface area contributed by atoms with E-state index >= 15 is 0 Å². The zero-order valence-corrected chi connectivity index (χ0v) is 19.8. The first-order chi connectivity index (χ1) is 15.1. The second-order valence-electron chi connectivity index (χ2n) is 7.25. The minimum atomic E-state index is -4.19. The molecule has 0 bridgehead atoms. The molecule has 0 aliphatic rings. The van der Waals surface area contributed by atoms with Crippen molar-refractivity contribution >= 4 is 33.2 Å². The Bertz CT molecular complexity index is 1190. The van der Waals surface area contributed by atoms with Crippen LogP contribution in [0, 0.1) is 13.8 Å². The maximum atomic E-state index is 13.4. The van der Waals surface area contributed by atoms with Gasteiger partial charge in [-0.3, -0.25) is 4.79 Å². The first-order valence-electron chi connectivity index (χ1n) is 9.87. The fraction of sp³-hybridized carbons (Fsp3) is 0.208. The molecule has 3 aromatic carbocycles. The molecule has 32 heavy (non-hydrogen) atoms. The van der Waals surface area contributed by atoms with Crippen molar-refractivity contribution < 1.29 is 22.7 Å².